The maximum Gasteiger partial charge on any atom is 0.350 e. The standard InChI is InChI=1S/C12H15N3O3S/c1-9-7-13-15(8-9)12(16)14-19(17,18)11-6-4-3-5-10(11)2/h3-7,13H,8H2,1-2H3,(H,14,16). The van der Waals surface area contributed by atoms with Crippen LogP contribution in [0.15, 0.2) is 40.9 Å². The van der Waals surface area contributed by atoms with Gasteiger partial charge in [0.2, 0.25) is 0 Å². The number of nitrogens with zero attached hydrogens (tertiary/aromatic N) is 1. The van der Waals surface area contributed by atoms with Crippen molar-refractivity contribution in [2.75, 3.05) is 6.54 Å². The van der Waals surface area contributed by atoms with Crippen molar-refractivity contribution >= 4 is 16.1 Å². The number of aryl methyl sites for hydroxylation is 1. The minimum absolute atomic E-state index is 0.104. The summed E-state index contributed by atoms with van der Waals surface area (Å²) in [7, 11) is -3.85. The van der Waals surface area contributed by atoms with Crippen LogP contribution in [0, 0.1) is 6.92 Å². The first-order chi connectivity index (χ1) is 8.90. The molecular weight excluding hydrogens is 266 g/mol. The number of carbonyl (C=O) groups is 1. The summed E-state index contributed by atoms with van der Waals surface area (Å²) in [6.07, 6.45) is 1.65. The maximum atomic E-state index is 12.1. The molecule has 0 aliphatic carbocycles. The Kier molecular flexibility index (Phi) is 3.48. The lowest BCUT2D eigenvalue weighted by molar-refractivity contribution is 0.200. The number of nitrogens with one attached hydrogen (secondary N) is 2. The van der Waals surface area contributed by atoms with E-state index in [0.717, 1.165) is 5.57 Å². The molecule has 102 valence electrons. The van der Waals surface area contributed by atoms with E-state index in [0.29, 0.717) is 12.1 Å². The summed E-state index contributed by atoms with van der Waals surface area (Å²) in [5.41, 5.74) is 4.23. The average Bonchev–Trinajstić information content (AvgIpc) is 2.76. The lowest BCUT2D eigenvalue weighted by atomic mass is 10.2. The molecule has 0 aromatic heterocycles. The van der Waals surface area contributed by atoms with E-state index in [1.807, 2.05) is 11.6 Å². The van der Waals surface area contributed by atoms with E-state index >= 15 is 0 Å². The number of hydrogen-bond acceptors (Lipinski definition) is 4. The zero-order valence-electron chi connectivity index (χ0n) is 10.7. The molecule has 0 saturated carbocycles. The number of amides is 2. The van der Waals surface area contributed by atoms with Crippen LogP contribution in [0.2, 0.25) is 0 Å². The molecular formula is C12H15N3O3S. The molecule has 0 bridgehead atoms. The monoisotopic (exact) mass is 281 g/mol. The van der Waals surface area contributed by atoms with E-state index in [1.165, 1.54) is 11.1 Å². The van der Waals surface area contributed by atoms with Crippen molar-refractivity contribution in [3.8, 4) is 0 Å². The summed E-state index contributed by atoms with van der Waals surface area (Å²) in [6, 6.07) is 5.80. The number of urea groups is 1. The summed E-state index contributed by atoms with van der Waals surface area (Å²) in [5.74, 6) is 0. The number of hydrogen-bond donors (Lipinski definition) is 2. The summed E-state index contributed by atoms with van der Waals surface area (Å²) >= 11 is 0. The topological polar surface area (TPSA) is 78.5 Å². The second-order valence-corrected chi connectivity index (χ2v) is 6.03. The lowest BCUT2D eigenvalue weighted by Gasteiger charge is -2.17. The van der Waals surface area contributed by atoms with Gasteiger partial charge in [-0.3, -0.25) is 0 Å². The first-order valence-corrected chi connectivity index (χ1v) is 7.20. The highest BCUT2D eigenvalue weighted by molar-refractivity contribution is 7.90. The van der Waals surface area contributed by atoms with Crippen molar-refractivity contribution in [2.45, 2.75) is 18.7 Å². The van der Waals surface area contributed by atoms with Crippen LogP contribution in [0.3, 0.4) is 0 Å². The molecule has 0 spiro atoms. The minimum atomic E-state index is -3.85. The molecule has 6 nitrogen and oxygen atoms in total. The molecule has 0 fully saturated rings. The molecule has 19 heavy (non-hydrogen) atoms. The van der Waals surface area contributed by atoms with Crippen LogP contribution in [0.5, 0.6) is 0 Å². The molecule has 1 heterocycles. The highest BCUT2D eigenvalue weighted by Crippen LogP contribution is 2.14. The summed E-state index contributed by atoms with van der Waals surface area (Å²) < 4.78 is 26.2. The van der Waals surface area contributed by atoms with Crippen molar-refractivity contribution in [1.29, 1.82) is 0 Å². The molecule has 2 amide bonds. The van der Waals surface area contributed by atoms with E-state index in [4.69, 9.17) is 0 Å². The fraction of sp³-hybridized carbons (Fsp3) is 0.250. The number of rotatable bonds is 2. The third kappa shape index (κ3) is 2.87. The number of benzene rings is 1. The molecule has 0 unspecified atom stereocenters. The smallest absolute Gasteiger partial charge is 0.302 e. The van der Waals surface area contributed by atoms with E-state index in [2.05, 4.69) is 5.43 Å². The predicted octanol–water partition coefficient (Wildman–Crippen LogP) is 1.12. The molecule has 2 N–H and O–H groups in total. The van der Waals surface area contributed by atoms with Gasteiger partial charge >= 0.3 is 6.03 Å². The molecule has 0 radical (unpaired) electrons. The first-order valence-electron chi connectivity index (χ1n) is 5.72. The predicted molar refractivity (Wildman–Crippen MR) is 70.5 cm³/mol. The summed E-state index contributed by atoms with van der Waals surface area (Å²) in [5, 5.41) is 1.20. The van der Waals surface area contributed by atoms with Gasteiger partial charge in [0.05, 0.1) is 11.4 Å². The van der Waals surface area contributed by atoms with Gasteiger partial charge in [-0.05, 0) is 31.1 Å². The van der Waals surface area contributed by atoms with Crippen LogP contribution in [0.4, 0.5) is 4.79 Å². The first kappa shape index (κ1) is 13.4. The Labute approximate surface area is 112 Å². The largest absolute Gasteiger partial charge is 0.350 e. The molecule has 1 aliphatic heterocycles. The van der Waals surface area contributed by atoms with Crippen molar-refractivity contribution < 1.29 is 13.2 Å². The van der Waals surface area contributed by atoms with E-state index in [9.17, 15) is 13.2 Å². The second-order valence-electron chi connectivity index (χ2n) is 4.38. The van der Waals surface area contributed by atoms with Crippen molar-refractivity contribution in [2.24, 2.45) is 0 Å². The van der Waals surface area contributed by atoms with Gasteiger partial charge in [-0.2, -0.15) is 0 Å². The van der Waals surface area contributed by atoms with Gasteiger partial charge in [0.25, 0.3) is 10.0 Å². The Morgan fingerprint density at radius 2 is 2.00 bits per heavy atom. The molecule has 7 heteroatoms. The Balaban J connectivity index is 2.15. The molecule has 2 rings (SSSR count). The third-order valence-corrected chi connectivity index (χ3v) is 4.20. The van der Waals surface area contributed by atoms with Gasteiger partial charge in [-0.25, -0.2) is 22.9 Å². The number of carbonyl (C=O) groups excluding carboxylic acids is 1. The summed E-state index contributed by atoms with van der Waals surface area (Å²) in [4.78, 5) is 11.9. The summed E-state index contributed by atoms with van der Waals surface area (Å²) in [6.45, 7) is 3.88. The van der Waals surface area contributed by atoms with Gasteiger partial charge in [-0.15, -0.1) is 0 Å². The Morgan fingerprint density at radius 3 is 2.58 bits per heavy atom. The molecule has 1 aromatic rings. The van der Waals surface area contributed by atoms with E-state index < -0.39 is 16.1 Å². The maximum absolute atomic E-state index is 12.1. The van der Waals surface area contributed by atoms with Gasteiger partial charge in [-0.1, -0.05) is 18.2 Å². The van der Waals surface area contributed by atoms with Crippen LogP contribution >= 0.6 is 0 Å². The van der Waals surface area contributed by atoms with Crippen LogP contribution in [-0.4, -0.2) is 26.0 Å². The van der Waals surface area contributed by atoms with E-state index in [-0.39, 0.29) is 4.90 Å². The highest BCUT2D eigenvalue weighted by atomic mass is 32.2. The second kappa shape index (κ2) is 4.93. The van der Waals surface area contributed by atoms with Crippen LogP contribution in [0.25, 0.3) is 0 Å². The zero-order chi connectivity index (χ0) is 14.0. The molecule has 0 atom stereocenters. The van der Waals surface area contributed by atoms with Gasteiger partial charge in [0.1, 0.15) is 0 Å². The highest BCUT2D eigenvalue weighted by Gasteiger charge is 2.24. The fourth-order valence-electron chi connectivity index (χ4n) is 1.74. The Bertz CT molecular complexity index is 637. The zero-order valence-corrected chi connectivity index (χ0v) is 11.5. The number of hydrazine groups is 1. The lowest BCUT2D eigenvalue weighted by Crippen LogP contribution is -2.46. The number of sulfonamides is 1. The van der Waals surface area contributed by atoms with Crippen molar-refractivity contribution in [1.82, 2.24) is 15.2 Å². The quantitative estimate of drug-likeness (QED) is 0.851. The minimum Gasteiger partial charge on any atom is -0.302 e. The van der Waals surface area contributed by atoms with Gasteiger partial charge in [0, 0.05) is 6.20 Å². The molecule has 1 aromatic carbocycles. The molecule has 0 saturated heterocycles. The van der Waals surface area contributed by atoms with Gasteiger partial charge in [0.15, 0.2) is 0 Å². The Morgan fingerprint density at radius 1 is 1.32 bits per heavy atom. The SMILES string of the molecule is CC1=CNN(C(=O)NS(=O)(=O)c2ccccc2C)C1. The van der Waals surface area contributed by atoms with Crippen LogP contribution in [-0.2, 0) is 10.0 Å². The molecule has 1 aliphatic rings. The van der Waals surface area contributed by atoms with Crippen LogP contribution < -0.4 is 10.1 Å². The normalized spacial score (nSPS) is 14.8. The van der Waals surface area contributed by atoms with E-state index in [1.54, 1.807) is 31.3 Å². The Hall–Kier alpha value is -2.02. The third-order valence-electron chi connectivity index (χ3n) is 2.72. The average molecular weight is 281 g/mol. The van der Waals surface area contributed by atoms with Gasteiger partial charge < -0.3 is 5.43 Å². The fourth-order valence-corrected chi connectivity index (χ4v) is 2.94. The van der Waals surface area contributed by atoms with Crippen LogP contribution in [0.1, 0.15) is 12.5 Å². The van der Waals surface area contributed by atoms with Crippen molar-refractivity contribution in [3.63, 3.8) is 0 Å². The van der Waals surface area contributed by atoms with Crippen molar-refractivity contribution in [3.05, 3.63) is 41.6 Å².